The summed E-state index contributed by atoms with van der Waals surface area (Å²) < 4.78 is 7.82. The van der Waals surface area contributed by atoms with Crippen molar-refractivity contribution in [1.29, 1.82) is 0 Å². The molecule has 1 saturated carbocycles. The maximum Gasteiger partial charge on any atom is 0.251 e. The van der Waals surface area contributed by atoms with Crippen molar-refractivity contribution in [2.24, 2.45) is 5.92 Å². The van der Waals surface area contributed by atoms with Crippen LogP contribution in [0.1, 0.15) is 40.0 Å². The van der Waals surface area contributed by atoms with Crippen molar-refractivity contribution in [2.75, 3.05) is 5.32 Å². The quantitative estimate of drug-likeness (QED) is 0.411. The van der Waals surface area contributed by atoms with E-state index in [1.807, 2.05) is 60.1 Å². The molecule has 0 radical (unpaired) electrons. The van der Waals surface area contributed by atoms with Gasteiger partial charge in [-0.3, -0.25) is 9.59 Å². The van der Waals surface area contributed by atoms with E-state index in [0.29, 0.717) is 24.5 Å². The van der Waals surface area contributed by atoms with Gasteiger partial charge in [0.25, 0.3) is 5.91 Å². The number of carbonyl (C=O) groups is 2. The molecule has 1 fully saturated rings. The third kappa shape index (κ3) is 5.26. The van der Waals surface area contributed by atoms with Crippen LogP contribution in [-0.4, -0.2) is 21.2 Å². The van der Waals surface area contributed by atoms with Crippen LogP contribution in [0.2, 0.25) is 0 Å². The van der Waals surface area contributed by atoms with Gasteiger partial charge in [0.2, 0.25) is 5.91 Å². The zero-order valence-corrected chi connectivity index (χ0v) is 19.0. The number of ether oxygens (including phenoxy) is 1. The number of rotatable bonds is 8. The summed E-state index contributed by atoms with van der Waals surface area (Å²) >= 11 is 0. The van der Waals surface area contributed by atoms with Gasteiger partial charge in [0.15, 0.2) is 0 Å². The lowest BCUT2D eigenvalue weighted by Crippen LogP contribution is -2.22. The lowest BCUT2D eigenvalue weighted by Gasteiger charge is -2.09. The maximum absolute atomic E-state index is 12.6. The molecule has 172 valence electrons. The maximum atomic E-state index is 12.6. The Morgan fingerprint density at radius 3 is 2.68 bits per heavy atom. The minimum atomic E-state index is -0.172. The van der Waals surface area contributed by atoms with Gasteiger partial charge < -0.3 is 19.8 Å². The van der Waals surface area contributed by atoms with Crippen molar-refractivity contribution in [2.45, 2.75) is 32.9 Å². The molecule has 1 aliphatic rings. The van der Waals surface area contributed by atoms with E-state index in [1.54, 1.807) is 24.3 Å². The van der Waals surface area contributed by atoms with Crippen LogP contribution in [-0.2, 0) is 17.9 Å². The number of aromatic nitrogens is 2. The summed E-state index contributed by atoms with van der Waals surface area (Å²) in [5, 5.41) is 5.85. The van der Waals surface area contributed by atoms with E-state index in [-0.39, 0.29) is 17.7 Å². The Bertz CT molecular complexity index is 1340. The molecule has 0 spiro atoms. The summed E-state index contributed by atoms with van der Waals surface area (Å²) in [6.45, 7) is 2.76. The van der Waals surface area contributed by atoms with Gasteiger partial charge in [-0.1, -0.05) is 18.2 Å². The van der Waals surface area contributed by atoms with Gasteiger partial charge >= 0.3 is 0 Å². The van der Waals surface area contributed by atoms with Crippen LogP contribution >= 0.6 is 0 Å². The molecule has 5 rings (SSSR count). The fraction of sp³-hybridized carbons (Fsp3) is 0.222. The van der Waals surface area contributed by atoms with Crippen LogP contribution in [0.3, 0.4) is 0 Å². The minimum absolute atomic E-state index is 0.0692. The zero-order chi connectivity index (χ0) is 23.5. The van der Waals surface area contributed by atoms with Crippen molar-refractivity contribution >= 4 is 23.1 Å². The Kier molecular flexibility index (Phi) is 5.99. The predicted octanol–water partition coefficient (Wildman–Crippen LogP) is 4.50. The SMILES string of the molecule is Cc1ccc2nc(COc3ccc(C(=O)NCc4cccc(NC(=O)C5CC5)c4)cc3)cn2c1. The number of hydrogen-bond donors (Lipinski definition) is 2. The second-order valence-corrected chi connectivity index (χ2v) is 8.66. The number of aryl methyl sites for hydroxylation is 1. The average Bonchev–Trinajstić information content (AvgIpc) is 3.62. The number of imidazole rings is 1. The molecule has 0 saturated heterocycles. The first kappa shape index (κ1) is 21.7. The zero-order valence-electron chi connectivity index (χ0n) is 19.0. The molecule has 7 nitrogen and oxygen atoms in total. The number of carbonyl (C=O) groups excluding carboxylic acids is 2. The van der Waals surface area contributed by atoms with E-state index in [0.717, 1.165) is 35.4 Å². The fourth-order valence-corrected chi connectivity index (χ4v) is 3.72. The van der Waals surface area contributed by atoms with E-state index in [4.69, 9.17) is 4.74 Å². The average molecular weight is 455 g/mol. The Labute approximate surface area is 197 Å². The predicted molar refractivity (Wildman–Crippen MR) is 130 cm³/mol. The molecule has 1 aliphatic carbocycles. The van der Waals surface area contributed by atoms with Crippen LogP contribution in [0, 0.1) is 12.8 Å². The minimum Gasteiger partial charge on any atom is -0.487 e. The summed E-state index contributed by atoms with van der Waals surface area (Å²) in [5.74, 6) is 0.720. The number of hydrogen-bond acceptors (Lipinski definition) is 4. The molecule has 2 N–H and O–H groups in total. The van der Waals surface area contributed by atoms with Gasteiger partial charge in [-0.25, -0.2) is 4.98 Å². The van der Waals surface area contributed by atoms with E-state index in [2.05, 4.69) is 15.6 Å². The Balaban J connectivity index is 1.13. The standard InChI is InChI=1S/C27H26N4O3/c1-18-5-12-25-29-23(16-31(25)15-18)17-34-24-10-8-20(9-11-24)26(32)28-14-19-3-2-4-22(13-19)30-27(33)21-6-7-21/h2-5,8-13,15-16,21H,6-7,14,17H2,1H3,(H,28,32)(H,30,33). The monoisotopic (exact) mass is 454 g/mol. The molecule has 0 aliphatic heterocycles. The van der Waals surface area contributed by atoms with Crippen molar-refractivity contribution in [1.82, 2.24) is 14.7 Å². The van der Waals surface area contributed by atoms with Crippen LogP contribution in [0.5, 0.6) is 5.75 Å². The summed E-state index contributed by atoms with van der Waals surface area (Å²) in [6.07, 6.45) is 5.91. The van der Waals surface area contributed by atoms with Crippen LogP contribution in [0.15, 0.2) is 73.1 Å². The highest BCUT2D eigenvalue weighted by Gasteiger charge is 2.29. The molecule has 0 bridgehead atoms. The molecule has 7 heteroatoms. The molecule has 2 heterocycles. The van der Waals surface area contributed by atoms with Gasteiger partial charge in [0, 0.05) is 36.1 Å². The van der Waals surface area contributed by atoms with Gasteiger partial charge in [0.1, 0.15) is 18.0 Å². The van der Waals surface area contributed by atoms with Crippen LogP contribution in [0.25, 0.3) is 5.65 Å². The number of fused-ring (bicyclic) bond motifs is 1. The highest BCUT2D eigenvalue weighted by Crippen LogP contribution is 2.30. The first-order valence-electron chi connectivity index (χ1n) is 11.4. The van der Waals surface area contributed by atoms with E-state index in [9.17, 15) is 9.59 Å². The number of amides is 2. The Hall–Kier alpha value is -4.13. The van der Waals surface area contributed by atoms with Gasteiger partial charge in [-0.2, -0.15) is 0 Å². The molecular weight excluding hydrogens is 428 g/mol. The Morgan fingerprint density at radius 1 is 1.06 bits per heavy atom. The highest BCUT2D eigenvalue weighted by molar-refractivity contribution is 5.95. The second-order valence-electron chi connectivity index (χ2n) is 8.66. The first-order chi connectivity index (χ1) is 16.5. The summed E-state index contributed by atoms with van der Waals surface area (Å²) in [5.41, 5.74) is 5.11. The van der Waals surface area contributed by atoms with Crippen molar-refractivity contribution < 1.29 is 14.3 Å². The molecule has 0 unspecified atom stereocenters. The molecule has 0 atom stereocenters. The summed E-state index contributed by atoms with van der Waals surface area (Å²) in [6, 6.07) is 18.6. The first-order valence-corrected chi connectivity index (χ1v) is 11.4. The number of benzene rings is 2. The largest absolute Gasteiger partial charge is 0.487 e. The van der Waals surface area contributed by atoms with E-state index < -0.39 is 0 Å². The van der Waals surface area contributed by atoms with Gasteiger partial charge in [-0.05, 0) is 73.4 Å². The number of nitrogens with zero attached hydrogens (tertiary/aromatic N) is 2. The third-order valence-electron chi connectivity index (χ3n) is 5.75. The van der Waals surface area contributed by atoms with Crippen LogP contribution < -0.4 is 15.4 Å². The fourth-order valence-electron chi connectivity index (χ4n) is 3.72. The molecule has 4 aromatic rings. The second kappa shape index (κ2) is 9.39. The topological polar surface area (TPSA) is 84.7 Å². The molecule has 2 aromatic heterocycles. The highest BCUT2D eigenvalue weighted by atomic mass is 16.5. The van der Waals surface area contributed by atoms with E-state index >= 15 is 0 Å². The molecule has 2 amide bonds. The molecule has 2 aromatic carbocycles. The lowest BCUT2D eigenvalue weighted by atomic mass is 10.1. The lowest BCUT2D eigenvalue weighted by molar-refractivity contribution is -0.117. The van der Waals surface area contributed by atoms with Gasteiger partial charge in [0.05, 0.1) is 5.69 Å². The summed E-state index contributed by atoms with van der Waals surface area (Å²) in [4.78, 5) is 29.1. The van der Waals surface area contributed by atoms with Crippen molar-refractivity contribution in [3.05, 3.63) is 95.4 Å². The Morgan fingerprint density at radius 2 is 1.88 bits per heavy atom. The van der Waals surface area contributed by atoms with Crippen molar-refractivity contribution in [3.8, 4) is 5.75 Å². The normalized spacial score (nSPS) is 13.0. The summed E-state index contributed by atoms with van der Waals surface area (Å²) in [7, 11) is 0. The smallest absolute Gasteiger partial charge is 0.251 e. The van der Waals surface area contributed by atoms with Crippen LogP contribution in [0.4, 0.5) is 5.69 Å². The van der Waals surface area contributed by atoms with Crippen molar-refractivity contribution in [3.63, 3.8) is 0 Å². The van der Waals surface area contributed by atoms with E-state index in [1.165, 1.54) is 5.56 Å². The number of nitrogens with one attached hydrogen (secondary N) is 2. The molecular formula is C27H26N4O3. The van der Waals surface area contributed by atoms with Gasteiger partial charge in [-0.15, -0.1) is 0 Å². The number of anilines is 1. The molecule has 34 heavy (non-hydrogen) atoms. The third-order valence-corrected chi connectivity index (χ3v) is 5.75. The number of pyridine rings is 1.